The lowest BCUT2D eigenvalue weighted by Gasteiger charge is -2.25. The Labute approximate surface area is 162 Å². The Bertz CT molecular complexity index is 785. The van der Waals surface area contributed by atoms with Crippen LogP contribution in [0.25, 0.3) is 0 Å². The maximum atomic E-state index is 13.9. The number of fused-ring (bicyclic) bond motifs is 1. The van der Waals surface area contributed by atoms with E-state index in [1.165, 1.54) is 0 Å². The third kappa shape index (κ3) is 3.49. The van der Waals surface area contributed by atoms with Gasteiger partial charge in [-0.15, -0.1) is 0 Å². The molecule has 1 saturated heterocycles. The van der Waals surface area contributed by atoms with Gasteiger partial charge in [0.2, 0.25) is 17.7 Å². The van der Waals surface area contributed by atoms with Crippen molar-refractivity contribution < 1.29 is 31.9 Å². The summed E-state index contributed by atoms with van der Waals surface area (Å²) < 4.78 is 54.5. The zero-order valence-corrected chi connectivity index (χ0v) is 15.8. The van der Waals surface area contributed by atoms with Crippen LogP contribution in [0.1, 0.15) is 25.7 Å². The fraction of sp³-hybridized carbons (Fsp3) is 0.500. The number of hydrogen-bond donors (Lipinski definition) is 1. The molecule has 0 aromatic heterocycles. The van der Waals surface area contributed by atoms with E-state index in [2.05, 4.69) is 0 Å². The molecule has 1 aromatic carbocycles. The van der Waals surface area contributed by atoms with Crippen LogP contribution in [0, 0.1) is 35.1 Å². The van der Waals surface area contributed by atoms with Crippen molar-refractivity contribution in [2.24, 2.45) is 11.8 Å². The van der Waals surface area contributed by atoms with Gasteiger partial charge < -0.3 is 5.32 Å². The normalized spacial score (nSPS) is 23.0. The second-order valence-electron chi connectivity index (χ2n) is 6.85. The molecule has 2 aliphatic rings. The summed E-state index contributed by atoms with van der Waals surface area (Å²) >= 11 is 1.14. The minimum absolute atomic E-state index is 0.0240. The number of carbonyl (C=O) groups excluding carboxylic acids is 3. The maximum absolute atomic E-state index is 13.9. The average Bonchev–Trinajstić information content (AvgIpc) is 2.92. The minimum atomic E-state index is -1.76. The van der Waals surface area contributed by atoms with Crippen LogP contribution in [-0.4, -0.2) is 40.7 Å². The van der Waals surface area contributed by atoms with E-state index in [9.17, 15) is 31.9 Å². The van der Waals surface area contributed by atoms with E-state index in [1.54, 1.807) is 6.26 Å². The summed E-state index contributed by atoms with van der Waals surface area (Å²) in [6, 6.07) is -1.32. The van der Waals surface area contributed by atoms with Crippen LogP contribution in [0.3, 0.4) is 0 Å². The third-order valence-electron chi connectivity index (χ3n) is 5.17. The van der Waals surface area contributed by atoms with Gasteiger partial charge in [0, 0.05) is 11.8 Å². The molecule has 3 atom stereocenters. The number of amides is 3. The molecule has 1 aliphatic carbocycles. The van der Waals surface area contributed by atoms with Crippen LogP contribution in [0.5, 0.6) is 0 Å². The Hall–Kier alpha value is -2.10. The smallest absolute Gasteiger partial charge is 0.248 e. The number of nitrogens with zero attached hydrogens (tertiary/aromatic N) is 1. The number of carbonyl (C=O) groups is 3. The van der Waals surface area contributed by atoms with Gasteiger partial charge in [-0.2, -0.15) is 11.8 Å². The monoisotopic (exact) mass is 418 g/mol. The molecule has 1 aromatic rings. The second-order valence-corrected chi connectivity index (χ2v) is 7.76. The Morgan fingerprint density at radius 1 is 1.11 bits per heavy atom. The molecule has 28 heavy (non-hydrogen) atoms. The molecule has 0 radical (unpaired) electrons. The van der Waals surface area contributed by atoms with E-state index in [-0.39, 0.29) is 11.8 Å². The van der Waals surface area contributed by atoms with Crippen LogP contribution in [-0.2, 0) is 14.4 Å². The van der Waals surface area contributed by atoms with Gasteiger partial charge in [0.1, 0.15) is 11.7 Å². The van der Waals surface area contributed by atoms with Gasteiger partial charge in [0.25, 0.3) is 0 Å². The van der Waals surface area contributed by atoms with Crippen LogP contribution in [0.4, 0.5) is 23.2 Å². The van der Waals surface area contributed by atoms with Crippen LogP contribution >= 0.6 is 11.8 Å². The average molecular weight is 418 g/mol. The van der Waals surface area contributed by atoms with E-state index < -0.39 is 64.6 Å². The predicted octanol–water partition coefficient (Wildman–Crippen LogP) is 3.09. The molecule has 0 bridgehead atoms. The lowest BCUT2D eigenvalue weighted by molar-refractivity contribution is -0.145. The van der Waals surface area contributed by atoms with E-state index in [0.717, 1.165) is 29.5 Å². The third-order valence-corrected chi connectivity index (χ3v) is 5.82. The van der Waals surface area contributed by atoms with Crippen molar-refractivity contribution >= 4 is 35.2 Å². The van der Waals surface area contributed by atoms with Gasteiger partial charge in [-0.1, -0.05) is 12.8 Å². The first-order valence-electron chi connectivity index (χ1n) is 8.77. The SMILES string of the molecule is CSC[C@@H](C(=O)Nc1c(F)c(F)cc(F)c1F)N1C(=O)[C@H]2CCCC[C@H]2C1=O. The van der Waals surface area contributed by atoms with Crippen molar-refractivity contribution in [1.82, 2.24) is 4.90 Å². The zero-order chi connectivity index (χ0) is 20.6. The number of benzene rings is 1. The first kappa shape index (κ1) is 20.6. The van der Waals surface area contributed by atoms with Gasteiger partial charge in [-0.05, 0) is 19.1 Å². The molecule has 1 N–H and O–H groups in total. The van der Waals surface area contributed by atoms with Gasteiger partial charge in [-0.25, -0.2) is 17.6 Å². The predicted molar refractivity (Wildman–Crippen MR) is 94.4 cm³/mol. The lowest BCUT2D eigenvalue weighted by atomic mass is 9.81. The topological polar surface area (TPSA) is 66.5 Å². The van der Waals surface area contributed by atoms with Crippen molar-refractivity contribution in [2.45, 2.75) is 31.7 Å². The van der Waals surface area contributed by atoms with Gasteiger partial charge in [-0.3, -0.25) is 19.3 Å². The summed E-state index contributed by atoms with van der Waals surface area (Å²) in [6.07, 6.45) is 4.30. The number of anilines is 1. The molecule has 152 valence electrons. The number of thioether (sulfide) groups is 1. The van der Waals surface area contributed by atoms with Crippen molar-refractivity contribution in [1.29, 1.82) is 0 Å². The maximum Gasteiger partial charge on any atom is 0.248 e. The molecule has 5 nitrogen and oxygen atoms in total. The van der Waals surface area contributed by atoms with E-state index in [4.69, 9.17) is 0 Å². The fourth-order valence-electron chi connectivity index (χ4n) is 3.81. The minimum Gasteiger partial charge on any atom is -0.319 e. The first-order chi connectivity index (χ1) is 13.3. The Kier molecular flexibility index (Phi) is 5.97. The Morgan fingerprint density at radius 3 is 2.07 bits per heavy atom. The number of likely N-dealkylation sites (tertiary alicyclic amines) is 1. The number of rotatable bonds is 5. The molecule has 0 spiro atoms. The number of imide groups is 1. The summed E-state index contributed by atoms with van der Waals surface area (Å²) in [4.78, 5) is 38.9. The molecule has 3 rings (SSSR count). The molecule has 1 heterocycles. The summed E-state index contributed by atoms with van der Waals surface area (Å²) in [6.45, 7) is 0. The summed E-state index contributed by atoms with van der Waals surface area (Å²) in [5, 5.41) is 1.82. The highest BCUT2D eigenvalue weighted by Crippen LogP contribution is 2.39. The second kappa shape index (κ2) is 8.10. The molecule has 10 heteroatoms. The largest absolute Gasteiger partial charge is 0.319 e. The van der Waals surface area contributed by atoms with Crippen molar-refractivity contribution in [2.75, 3.05) is 17.3 Å². The fourth-order valence-corrected chi connectivity index (χ4v) is 4.43. The Morgan fingerprint density at radius 2 is 1.61 bits per heavy atom. The summed E-state index contributed by atoms with van der Waals surface area (Å²) in [5.74, 6) is -9.96. The summed E-state index contributed by atoms with van der Waals surface area (Å²) in [5.41, 5.74) is -1.29. The van der Waals surface area contributed by atoms with Crippen LogP contribution in [0.2, 0.25) is 0 Å². The van der Waals surface area contributed by atoms with Crippen LogP contribution < -0.4 is 5.32 Å². The van der Waals surface area contributed by atoms with Crippen molar-refractivity contribution in [3.05, 3.63) is 29.3 Å². The highest BCUT2D eigenvalue weighted by molar-refractivity contribution is 7.98. The zero-order valence-electron chi connectivity index (χ0n) is 14.9. The molecule has 2 fully saturated rings. The van der Waals surface area contributed by atoms with Gasteiger partial charge in [0.15, 0.2) is 23.3 Å². The molecular formula is C18H18F4N2O3S. The van der Waals surface area contributed by atoms with E-state index in [0.29, 0.717) is 12.8 Å². The molecule has 0 unspecified atom stereocenters. The van der Waals surface area contributed by atoms with Crippen LogP contribution in [0.15, 0.2) is 6.07 Å². The molecule has 1 saturated carbocycles. The standard InChI is InChI=1S/C18H18F4N2O3S/c1-28-7-12(24-17(26)8-4-2-3-5-9(8)18(24)27)16(25)23-15-13(21)10(19)6-11(20)14(15)22/h6,8-9,12H,2-5,7H2,1H3,(H,23,25)/t8-,9+,12-/m0/s1. The van der Waals surface area contributed by atoms with Gasteiger partial charge >= 0.3 is 0 Å². The first-order valence-corrected chi connectivity index (χ1v) is 10.2. The van der Waals surface area contributed by atoms with Gasteiger partial charge in [0.05, 0.1) is 11.8 Å². The summed E-state index contributed by atoms with van der Waals surface area (Å²) in [7, 11) is 0. The lowest BCUT2D eigenvalue weighted by Crippen LogP contribution is -2.49. The molecule has 3 amide bonds. The Balaban J connectivity index is 1.90. The number of halogens is 4. The number of nitrogens with one attached hydrogen (secondary N) is 1. The highest BCUT2D eigenvalue weighted by Gasteiger charge is 2.51. The van der Waals surface area contributed by atoms with E-state index >= 15 is 0 Å². The van der Waals surface area contributed by atoms with Crippen molar-refractivity contribution in [3.63, 3.8) is 0 Å². The highest BCUT2D eigenvalue weighted by atomic mass is 32.2. The van der Waals surface area contributed by atoms with Crippen molar-refractivity contribution in [3.8, 4) is 0 Å². The van der Waals surface area contributed by atoms with E-state index in [1.807, 2.05) is 5.32 Å². The number of hydrogen-bond acceptors (Lipinski definition) is 4. The quantitative estimate of drug-likeness (QED) is 0.453. The molecular weight excluding hydrogens is 400 g/mol. The molecule has 1 aliphatic heterocycles.